The number of ether oxygens (including phenoxy) is 1. The van der Waals surface area contributed by atoms with Crippen LogP contribution in [0, 0.1) is 0 Å². The van der Waals surface area contributed by atoms with Crippen LogP contribution < -0.4 is 5.73 Å². The number of hydrogen-bond acceptors (Lipinski definition) is 3. The van der Waals surface area contributed by atoms with Crippen LogP contribution >= 0.6 is 11.6 Å². The molecule has 0 atom stereocenters. The van der Waals surface area contributed by atoms with Gasteiger partial charge in [-0.2, -0.15) is 0 Å². The summed E-state index contributed by atoms with van der Waals surface area (Å²) in [5.41, 5.74) is 6.41. The molecule has 0 radical (unpaired) electrons. The molecule has 0 unspecified atom stereocenters. The van der Waals surface area contributed by atoms with Crippen LogP contribution in [0.5, 0.6) is 0 Å². The maximum atomic E-state index is 12.0. The summed E-state index contributed by atoms with van der Waals surface area (Å²) in [6.45, 7) is 0. The number of benzene rings is 1. The lowest BCUT2D eigenvalue weighted by atomic mass is 9.98. The molecule has 0 spiro atoms. The fourth-order valence-electron chi connectivity index (χ4n) is 2.15. The van der Waals surface area contributed by atoms with Gasteiger partial charge in [0.05, 0.1) is 5.02 Å². The maximum absolute atomic E-state index is 12.0. The van der Waals surface area contributed by atoms with Crippen molar-refractivity contribution in [1.82, 2.24) is 0 Å². The summed E-state index contributed by atoms with van der Waals surface area (Å²) < 4.78 is 5.44. The molecule has 17 heavy (non-hydrogen) atoms. The number of nitrogen functional groups attached to an aromatic ring is 1. The SMILES string of the molecule is Nc1cccc(Cl)c1C(=O)OC1CCCCC1. The Morgan fingerprint density at radius 3 is 2.65 bits per heavy atom. The van der Waals surface area contributed by atoms with E-state index >= 15 is 0 Å². The number of carbonyl (C=O) groups excluding carboxylic acids is 1. The third-order valence-electron chi connectivity index (χ3n) is 3.08. The van der Waals surface area contributed by atoms with Crippen molar-refractivity contribution in [3.8, 4) is 0 Å². The Kier molecular flexibility index (Phi) is 3.89. The highest BCUT2D eigenvalue weighted by molar-refractivity contribution is 6.34. The maximum Gasteiger partial charge on any atom is 0.342 e. The van der Waals surface area contributed by atoms with Crippen LogP contribution in [-0.2, 0) is 4.74 Å². The van der Waals surface area contributed by atoms with Gasteiger partial charge in [0, 0.05) is 5.69 Å². The summed E-state index contributed by atoms with van der Waals surface area (Å²) in [4.78, 5) is 12.0. The first kappa shape index (κ1) is 12.2. The van der Waals surface area contributed by atoms with Crippen molar-refractivity contribution in [3.05, 3.63) is 28.8 Å². The molecule has 0 heterocycles. The van der Waals surface area contributed by atoms with Gasteiger partial charge in [-0.3, -0.25) is 0 Å². The van der Waals surface area contributed by atoms with Crippen molar-refractivity contribution in [1.29, 1.82) is 0 Å². The van der Waals surface area contributed by atoms with Crippen molar-refractivity contribution in [2.24, 2.45) is 0 Å². The second-order valence-corrected chi connectivity index (χ2v) is 4.78. The van der Waals surface area contributed by atoms with Gasteiger partial charge < -0.3 is 10.5 Å². The topological polar surface area (TPSA) is 52.3 Å². The lowest BCUT2D eigenvalue weighted by Crippen LogP contribution is -2.21. The second-order valence-electron chi connectivity index (χ2n) is 4.37. The summed E-state index contributed by atoms with van der Waals surface area (Å²) in [7, 11) is 0. The minimum Gasteiger partial charge on any atom is -0.459 e. The van der Waals surface area contributed by atoms with Crippen LogP contribution in [0.3, 0.4) is 0 Å². The zero-order valence-electron chi connectivity index (χ0n) is 9.62. The third kappa shape index (κ3) is 2.91. The Morgan fingerprint density at radius 2 is 2.00 bits per heavy atom. The molecule has 0 saturated heterocycles. The standard InChI is InChI=1S/C13H16ClNO2/c14-10-7-4-8-11(15)12(10)13(16)17-9-5-2-1-3-6-9/h4,7-9H,1-3,5-6,15H2. The molecule has 4 heteroatoms. The van der Waals surface area contributed by atoms with Crippen molar-refractivity contribution >= 4 is 23.3 Å². The Hall–Kier alpha value is -1.22. The number of carbonyl (C=O) groups is 1. The first-order chi connectivity index (χ1) is 8.18. The molecule has 3 nitrogen and oxygen atoms in total. The van der Waals surface area contributed by atoms with Crippen molar-refractivity contribution < 1.29 is 9.53 Å². The highest BCUT2D eigenvalue weighted by Gasteiger charge is 2.21. The quantitative estimate of drug-likeness (QED) is 0.649. The van der Waals surface area contributed by atoms with E-state index in [0.29, 0.717) is 16.3 Å². The van der Waals surface area contributed by atoms with Crippen LogP contribution in [-0.4, -0.2) is 12.1 Å². The van der Waals surface area contributed by atoms with Gasteiger partial charge in [-0.15, -0.1) is 0 Å². The summed E-state index contributed by atoms with van der Waals surface area (Å²) in [5.74, 6) is -0.403. The van der Waals surface area contributed by atoms with Crippen molar-refractivity contribution in [2.75, 3.05) is 5.73 Å². The van der Waals surface area contributed by atoms with Gasteiger partial charge in [-0.25, -0.2) is 4.79 Å². The van der Waals surface area contributed by atoms with E-state index in [2.05, 4.69) is 0 Å². The van der Waals surface area contributed by atoms with Crippen molar-refractivity contribution in [2.45, 2.75) is 38.2 Å². The molecule has 0 bridgehead atoms. The van der Waals surface area contributed by atoms with Gasteiger partial charge in [0.15, 0.2) is 0 Å². The number of rotatable bonds is 2. The molecule has 0 aromatic heterocycles. The van der Waals surface area contributed by atoms with Crippen LogP contribution in [0.15, 0.2) is 18.2 Å². The fourth-order valence-corrected chi connectivity index (χ4v) is 2.41. The minimum atomic E-state index is -0.403. The predicted molar refractivity (Wildman–Crippen MR) is 68.2 cm³/mol. The van der Waals surface area contributed by atoms with E-state index in [1.165, 1.54) is 6.42 Å². The molecule has 1 fully saturated rings. The zero-order valence-corrected chi connectivity index (χ0v) is 10.4. The minimum absolute atomic E-state index is 0.0203. The molecular formula is C13H16ClNO2. The number of halogens is 1. The van der Waals surface area contributed by atoms with E-state index in [1.54, 1.807) is 18.2 Å². The van der Waals surface area contributed by atoms with Gasteiger partial charge in [-0.1, -0.05) is 24.1 Å². The second kappa shape index (κ2) is 5.41. The highest BCUT2D eigenvalue weighted by Crippen LogP contribution is 2.26. The largest absolute Gasteiger partial charge is 0.459 e. The first-order valence-corrected chi connectivity index (χ1v) is 6.31. The highest BCUT2D eigenvalue weighted by atomic mass is 35.5. The number of nitrogens with two attached hydrogens (primary N) is 1. The molecule has 2 N–H and O–H groups in total. The van der Waals surface area contributed by atoms with Gasteiger partial charge >= 0.3 is 5.97 Å². The van der Waals surface area contributed by atoms with Crippen LogP contribution in [0.25, 0.3) is 0 Å². The predicted octanol–water partition coefficient (Wildman–Crippen LogP) is 3.41. The summed E-state index contributed by atoms with van der Waals surface area (Å²) in [6.07, 6.45) is 5.37. The van der Waals surface area contributed by atoms with Crippen LogP contribution in [0.2, 0.25) is 5.02 Å². The number of esters is 1. The van der Waals surface area contributed by atoms with Crippen molar-refractivity contribution in [3.63, 3.8) is 0 Å². The number of anilines is 1. The lowest BCUT2D eigenvalue weighted by molar-refractivity contribution is 0.0212. The van der Waals surface area contributed by atoms with E-state index in [9.17, 15) is 4.79 Å². The third-order valence-corrected chi connectivity index (χ3v) is 3.39. The molecule has 1 aliphatic rings. The molecule has 1 aromatic carbocycles. The smallest absolute Gasteiger partial charge is 0.342 e. The van der Waals surface area contributed by atoms with Crippen LogP contribution in [0.1, 0.15) is 42.5 Å². The molecule has 2 rings (SSSR count). The van der Waals surface area contributed by atoms with E-state index in [0.717, 1.165) is 25.7 Å². The summed E-state index contributed by atoms with van der Waals surface area (Å²) in [6, 6.07) is 5.02. The van der Waals surface area contributed by atoms with E-state index in [-0.39, 0.29) is 6.10 Å². The van der Waals surface area contributed by atoms with Gasteiger partial charge in [0.1, 0.15) is 11.7 Å². The average Bonchev–Trinajstić information content (AvgIpc) is 2.30. The molecule has 1 aliphatic carbocycles. The van der Waals surface area contributed by atoms with E-state index in [4.69, 9.17) is 22.1 Å². The Bertz CT molecular complexity index is 394. The van der Waals surface area contributed by atoms with E-state index in [1.807, 2.05) is 0 Å². The monoisotopic (exact) mass is 253 g/mol. The Morgan fingerprint density at radius 1 is 1.29 bits per heavy atom. The first-order valence-electron chi connectivity index (χ1n) is 5.93. The normalized spacial score (nSPS) is 16.8. The van der Waals surface area contributed by atoms with E-state index < -0.39 is 5.97 Å². The molecule has 92 valence electrons. The molecule has 1 aromatic rings. The summed E-state index contributed by atoms with van der Waals surface area (Å²) in [5, 5.41) is 0.353. The fraction of sp³-hybridized carbons (Fsp3) is 0.462. The molecule has 1 saturated carbocycles. The molecule has 0 aliphatic heterocycles. The zero-order chi connectivity index (χ0) is 12.3. The number of hydrogen-bond donors (Lipinski definition) is 1. The molecule has 0 amide bonds. The lowest BCUT2D eigenvalue weighted by Gasteiger charge is -2.22. The Balaban J connectivity index is 2.08. The van der Waals surface area contributed by atoms with Gasteiger partial charge in [0.25, 0.3) is 0 Å². The molecular weight excluding hydrogens is 238 g/mol. The summed E-state index contributed by atoms with van der Waals surface area (Å²) >= 11 is 5.96. The van der Waals surface area contributed by atoms with Crippen LogP contribution in [0.4, 0.5) is 5.69 Å². The average molecular weight is 254 g/mol. The Labute approximate surface area is 106 Å². The van der Waals surface area contributed by atoms with Gasteiger partial charge in [-0.05, 0) is 37.8 Å². The van der Waals surface area contributed by atoms with Gasteiger partial charge in [0.2, 0.25) is 0 Å².